The zero-order valence-electron chi connectivity index (χ0n) is 8.90. The molecule has 3 nitrogen and oxygen atoms in total. The van der Waals surface area contributed by atoms with Crippen LogP contribution in [0.5, 0.6) is 5.75 Å². The van der Waals surface area contributed by atoms with Crippen LogP contribution < -0.4 is 10.5 Å². The molecule has 0 saturated carbocycles. The number of carbonyl (C=O) groups is 1. The van der Waals surface area contributed by atoms with Gasteiger partial charge in [-0.1, -0.05) is 19.1 Å². The molecule has 0 radical (unpaired) electrons. The third kappa shape index (κ3) is 4.32. The predicted octanol–water partition coefficient (Wildman–Crippen LogP) is 2.44. The lowest BCUT2D eigenvalue weighted by Gasteiger charge is -2.10. The summed E-state index contributed by atoms with van der Waals surface area (Å²) in [4.78, 5) is 10.7. The normalized spacial score (nSPS) is 11.4. The minimum atomic E-state index is -0.313. The summed E-state index contributed by atoms with van der Waals surface area (Å²) in [6, 6.07) is 7.32. The highest BCUT2D eigenvalue weighted by Crippen LogP contribution is 2.19. The average Bonchev–Trinajstić information content (AvgIpc) is 2.16. The second-order valence-electron chi connectivity index (χ2n) is 3.18. The van der Waals surface area contributed by atoms with Crippen LogP contribution in [0.1, 0.15) is 31.9 Å². The Kier molecular flexibility index (Phi) is 5.97. The van der Waals surface area contributed by atoms with Crippen molar-refractivity contribution < 1.29 is 9.53 Å². The molecule has 0 unspecified atom stereocenters. The summed E-state index contributed by atoms with van der Waals surface area (Å²) in [6.45, 7) is 3.40. The molecule has 0 aliphatic rings. The van der Waals surface area contributed by atoms with Gasteiger partial charge in [0.2, 0.25) is 0 Å². The molecule has 2 N–H and O–H groups in total. The fourth-order valence-corrected chi connectivity index (χ4v) is 1.21. The minimum Gasteiger partial charge on any atom is -0.427 e. The maximum Gasteiger partial charge on any atom is 0.308 e. The van der Waals surface area contributed by atoms with Gasteiger partial charge in [0.05, 0.1) is 0 Å². The van der Waals surface area contributed by atoms with Gasteiger partial charge in [0.1, 0.15) is 5.75 Å². The Morgan fingerprint density at radius 3 is 2.73 bits per heavy atom. The van der Waals surface area contributed by atoms with E-state index in [0.29, 0.717) is 5.75 Å². The Balaban J connectivity index is 0.00000196. The number of esters is 1. The molecule has 0 aliphatic heterocycles. The van der Waals surface area contributed by atoms with Crippen molar-refractivity contribution in [1.29, 1.82) is 0 Å². The lowest BCUT2D eigenvalue weighted by molar-refractivity contribution is -0.131. The lowest BCUT2D eigenvalue weighted by Crippen LogP contribution is -2.09. The van der Waals surface area contributed by atoms with Crippen LogP contribution in [0, 0.1) is 0 Å². The number of carbonyl (C=O) groups excluding carboxylic acids is 1. The van der Waals surface area contributed by atoms with Crippen LogP contribution in [0.15, 0.2) is 24.3 Å². The molecule has 15 heavy (non-hydrogen) atoms. The number of hydrogen-bond donors (Lipinski definition) is 1. The van der Waals surface area contributed by atoms with Crippen LogP contribution in [0.4, 0.5) is 0 Å². The molecular formula is C11H16ClNO2. The highest BCUT2D eigenvalue weighted by atomic mass is 35.5. The maximum absolute atomic E-state index is 10.7. The van der Waals surface area contributed by atoms with Crippen molar-refractivity contribution in [3.63, 3.8) is 0 Å². The molecule has 0 spiro atoms. The molecule has 0 saturated heterocycles. The summed E-state index contributed by atoms with van der Waals surface area (Å²) in [6.07, 6.45) is 0.865. The van der Waals surface area contributed by atoms with E-state index in [9.17, 15) is 4.79 Å². The largest absolute Gasteiger partial charge is 0.427 e. The van der Waals surface area contributed by atoms with Gasteiger partial charge in [0, 0.05) is 13.0 Å². The molecule has 0 fully saturated rings. The van der Waals surface area contributed by atoms with Gasteiger partial charge in [-0.2, -0.15) is 0 Å². The van der Waals surface area contributed by atoms with Gasteiger partial charge >= 0.3 is 5.97 Å². The first-order valence-corrected chi connectivity index (χ1v) is 4.67. The van der Waals surface area contributed by atoms with E-state index in [0.717, 1.165) is 12.0 Å². The van der Waals surface area contributed by atoms with Crippen LogP contribution in [0.3, 0.4) is 0 Å². The van der Waals surface area contributed by atoms with Crippen molar-refractivity contribution >= 4 is 18.4 Å². The maximum atomic E-state index is 10.7. The molecule has 1 rings (SSSR count). The number of ether oxygens (including phenoxy) is 1. The molecule has 4 heteroatoms. The van der Waals surface area contributed by atoms with E-state index in [1.165, 1.54) is 6.92 Å². The molecule has 84 valence electrons. The summed E-state index contributed by atoms with van der Waals surface area (Å²) in [5.41, 5.74) is 6.85. The monoisotopic (exact) mass is 229 g/mol. The van der Waals surface area contributed by atoms with Crippen LogP contribution in [-0.4, -0.2) is 5.97 Å². The van der Waals surface area contributed by atoms with Gasteiger partial charge in [-0.05, 0) is 24.1 Å². The Hall–Kier alpha value is -1.06. The molecule has 0 aliphatic carbocycles. The summed E-state index contributed by atoms with van der Waals surface area (Å²) >= 11 is 0. The Morgan fingerprint density at radius 2 is 2.20 bits per heavy atom. The fraction of sp³-hybridized carbons (Fsp3) is 0.364. The van der Waals surface area contributed by atoms with Crippen LogP contribution in [-0.2, 0) is 4.79 Å². The van der Waals surface area contributed by atoms with Gasteiger partial charge in [0.25, 0.3) is 0 Å². The molecular weight excluding hydrogens is 214 g/mol. The molecule has 0 heterocycles. The van der Waals surface area contributed by atoms with E-state index in [4.69, 9.17) is 10.5 Å². The third-order valence-electron chi connectivity index (χ3n) is 1.99. The molecule has 1 atom stereocenters. The highest BCUT2D eigenvalue weighted by Gasteiger charge is 2.05. The summed E-state index contributed by atoms with van der Waals surface area (Å²) in [5, 5.41) is 0. The minimum absolute atomic E-state index is 0. The van der Waals surface area contributed by atoms with E-state index in [1.807, 2.05) is 19.1 Å². The smallest absolute Gasteiger partial charge is 0.308 e. The van der Waals surface area contributed by atoms with Crippen molar-refractivity contribution in [2.45, 2.75) is 26.3 Å². The van der Waals surface area contributed by atoms with Gasteiger partial charge in [-0.15, -0.1) is 12.4 Å². The van der Waals surface area contributed by atoms with E-state index in [-0.39, 0.29) is 24.4 Å². The molecule has 1 aromatic carbocycles. The van der Waals surface area contributed by atoms with E-state index >= 15 is 0 Å². The number of hydrogen-bond acceptors (Lipinski definition) is 3. The fourth-order valence-electron chi connectivity index (χ4n) is 1.21. The van der Waals surface area contributed by atoms with Gasteiger partial charge in [-0.3, -0.25) is 4.79 Å². The van der Waals surface area contributed by atoms with Crippen molar-refractivity contribution in [2.75, 3.05) is 0 Å². The zero-order valence-corrected chi connectivity index (χ0v) is 9.71. The first-order chi connectivity index (χ1) is 6.63. The quantitative estimate of drug-likeness (QED) is 0.640. The number of nitrogens with two attached hydrogens (primary N) is 1. The SMILES string of the molecule is CC[C@H](N)c1cccc(OC(C)=O)c1.Cl. The number of halogens is 1. The molecule has 1 aromatic rings. The van der Waals surface area contributed by atoms with Gasteiger partial charge in [-0.25, -0.2) is 0 Å². The van der Waals surface area contributed by atoms with Crippen molar-refractivity contribution in [3.8, 4) is 5.75 Å². The zero-order chi connectivity index (χ0) is 10.6. The Morgan fingerprint density at radius 1 is 1.53 bits per heavy atom. The first-order valence-electron chi connectivity index (χ1n) is 4.67. The molecule has 0 bridgehead atoms. The predicted molar refractivity (Wildman–Crippen MR) is 62.2 cm³/mol. The third-order valence-corrected chi connectivity index (χ3v) is 1.99. The van der Waals surface area contributed by atoms with Crippen LogP contribution in [0.2, 0.25) is 0 Å². The molecule has 0 aromatic heterocycles. The van der Waals surface area contributed by atoms with Gasteiger partial charge < -0.3 is 10.5 Å². The average molecular weight is 230 g/mol. The Labute approximate surface area is 96.0 Å². The highest BCUT2D eigenvalue weighted by molar-refractivity contribution is 5.85. The van der Waals surface area contributed by atoms with Crippen molar-refractivity contribution in [3.05, 3.63) is 29.8 Å². The summed E-state index contributed by atoms with van der Waals surface area (Å²) in [7, 11) is 0. The van der Waals surface area contributed by atoms with Crippen molar-refractivity contribution in [1.82, 2.24) is 0 Å². The second kappa shape index (κ2) is 6.43. The molecule has 0 amide bonds. The van der Waals surface area contributed by atoms with E-state index in [1.54, 1.807) is 12.1 Å². The van der Waals surface area contributed by atoms with Crippen LogP contribution >= 0.6 is 12.4 Å². The number of rotatable bonds is 3. The van der Waals surface area contributed by atoms with Crippen molar-refractivity contribution in [2.24, 2.45) is 5.73 Å². The second-order valence-corrected chi connectivity index (χ2v) is 3.18. The number of benzene rings is 1. The van der Waals surface area contributed by atoms with E-state index < -0.39 is 0 Å². The summed E-state index contributed by atoms with van der Waals surface area (Å²) < 4.78 is 4.96. The first kappa shape index (κ1) is 13.9. The van der Waals surface area contributed by atoms with E-state index in [2.05, 4.69) is 0 Å². The standard InChI is InChI=1S/C11H15NO2.ClH/c1-3-11(12)9-5-4-6-10(7-9)14-8(2)13;/h4-7,11H,3,12H2,1-2H3;1H/t11-;/m0./s1. The summed E-state index contributed by atoms with van der Waals surface area (Å²) in [5.74, 6) is 0.242. The Bertz CT molecular complexity index is 328. The van der Waals surface area contributed by atoms with Gasteiger partial charge in [0.15, 0.2) is 0 Å². The van der Waals surface area contributed by atoms with Crippen LogP contribution in [0.25, 0.3) is 0 Å². The topological polar surface area (TPSA) is 52.3 Å². The lowest BCUT2D eigenvalue weighted by atomic mass is 10.1.